The van der Waals surface area contributed by atoms with Crippen LogP contribution in [0.1, 0.15) is 0 Å². The summed E-state index contributed by atoms with van der Waals surface area (Å²) in [6, 6.07) is 0. The minimum Gasteiger partial charge on any atom is -0.418 e. The Morgan fingerprint density at radius 1 is 1.27 bits per heavy atom. The first-order valence-corrected chi connectivity index (χ1v) is 2.56. The number of aromatic amines is 1. The highest BCUT2D eigenvalue weighted by molar-refractivity contribution is 6.50. The molecule has 0 saturated carbocycles. The van der Waals surface area contributed by atoms with Gasteiger partial charge in [0.25, 0.3) is 6.33 Å². The molecule has 8 heteroatoms. The molecule has 0 aromatic carbocycles. The van der Waals surface area contributed by atoms with Crippen LogP contribution < -0.4 is 10.5 Å². The third-order valence-corrected chi connectivity index (χ3v) is 0.567. The van der Waals surface area contributed by atoms with Crippen LogP contribution in [-0.4, -0.2) is 12.2 Å². The van der Waals surface area contributed by atoms with Gasteiger partial charge in [-0.25, -0.2) is 4.98 Å². The summed E-state index contributed by atoms with van der Waals surface area (Å²) in [5.41, 5.74) is 0. The Bertz CT molecular complexity index is 177. The van der Waals surface area contributed by atoms with E-state index in [4.69, 9.17) is 5.84 Å². The maximum Gasteiger partial charge on any atom is 0.673 e. The van der Waals surface area contributed by atoms with Gasteiger partial charge in [0.1, 0.15) is 6.20 Å². The smallest absolute Gasteiger partial charge is 0.418 e. The van der Waals surface area contributed by atoms with E-state index in [2.05, 4.69) is 4.98 Å². The summed E-state index contributed by atoms with van der Waals surface area (Å²) >= 11 is 0. The Kier molecular flexibility index (Phi) is 3.42. The maximum atomic E-state index is 9.75. The number of H-pyrrole nitrogens is 1. The number of nitrogen functional groups attached to an aromatic ring is 1. The zero-order chi connectivity index (χ0) is 8.91. The summed E-state index contributed by atoms with van der Waals surface area (Å²) in [4.78, 5) is 2.77. The topological polar surface area (TPSA) is 45.7 Å². The first kappa shape index (κ1) is 9.79. The molecule has 11 heavy (non-hydrogen) atoms. The average molecular weight is 171 g/mol. The van der Waals surface area contributed by atoms with Crippen molar-refractivity contribution in [2.24, 2.45) is 0 Å². The van der Waals surface area contributed by atoms with Crippen molar-refractivity contribution in [3.63, 3.8) is 0 Å². The van der Waals surface area contributed by atoms with E-state index in [1.807, 2.05) is 0 Å². The molecule has 0 amide bonds. The first-order valence-electron chi connectivity index (χ1n) is 2.56. The number of hydrogen-bond acceptors (Lipinski definition) is 1. The van der Waals surface area contributed by atoms with E-state index in [0.717, 1.165) is 0 Å². The molecule has 0 radical (unpaired) electrons. The average Bonchev–Trinajstić information content (AvgIpc) is 2.12. The highest BCUT2D eigenvalue weighted by Crippen LogP contribution is 2.06. The summed E-state index contributed by atoms with van der Waals surface area (Å²) in [6.07, 6.45) is 5.12. The lowest BCUT2D eigenvalue weighted by molar-refractivity contribution is -0.637. The fourth-order valence-corrected chi connectivity index (χ4v) is 0.301. The van der Waals surface area contributed by atoms with Gasteiger partial charge in [0.2, 0.25) is 0 Å². The van der Waals surface area contributed by atoms with Crippen molar-refractivity contribution < 1.29 is 21.9 Å². The normalized spacial score (nSPS) is 10.2. The van der Waals surface area contributed by atoms with Gasteiger partial charge >= 0.3 is 7.25 Å². The molecule has 0 saturated heterocycles. The molecule has 0 unspecified atom stereocenters. The van der Waals surface area contributed by atoms with E-state index in [1.54, 1.807) is 18.7 Å². The van der Waals surface area contributed by atoms with Crippen LogP contribution in [0.25, 0.3) is 0 Å². The van der Waals surface area contributed by atoms with Crippen molar-refractivity contribution in [1.29, 1.82) is 0 Å². The van der Waals surface area contributed by atoms with Crippen molar-refractivity contribution in [3.8, 4) is 0 Å². The van der Waals surface area contributed by atoms with Crippen molar-refractivity contribution in [3.05, 3.63) is 18.7 Å². The molecule has 1 heterocycles. The monoisotopic (exact) mass is 171 g/mol. The summed E-state index contributed by atoms with van der Waals surface area (Å²) in [5, 5.41) is 0. The van der Waals surface area contributed by atoms with E-state index in [9.17, 15) is 17.3 Å². The number of nitrogens with two attached hydrogens (primary N) is 1. The molecule has 1 rings (SSSR count). The second-order valence-corrected chi connectivity index (χ2v) is 1.55. The molecule has 0 aliphatic heterocycles. The number of hydrogen-bond donors (Lipinski definition) is 2. The largest absolute Gasteiger partial charge is 0.673 e. The van der Waals surface area contributed by atoms with Gasteiger partial charge in [0.05, 0.1) is 0 Å². The lowest BCUT2D eigenvalue weighted by Gasteiger charge is -1.94. The molecule has 0 aliphatic carbocycles. The Balaban J connectivity index is 0.000000187. The molecule has 1 aromatic heterocycles. The van der Waals surface area contributed by atoms with Gasteiger partial charge in [-0.2, -0.15) is 0 Å². The van der Waals surface area contributed by atoms with E-state index in [0.29, 0.717) is 0 Å². The van der Waals surface area contributed by atoms with Crippen LogP contribution in [0.15, 0.2) is 18.7 Å². The number of rotatable bonds is 0. The summed E-state index contributed by atoms with van der Waals surface area (Å²) < 4.78 is 40.4. The number of imidazole rings is 1. The maximum absolute atomic E-state index is 9.75. The molecule has 0 aliphatic rings. The summed E-state index contributed by atoms with van der Waals surface area (Å²) in [5.74, 6) is 5.16. The fourth-order valence-electron chi connectivity index (χ4n) is 0.301. The van der Waals surface area contributed by atoms with E-state index in [1.165, 1.54) is 4.68 Å². The molecule has 3 N–H and O–H groups in total. The second-order valence-electron chi connectivity index (χ2n) is 1.55. The molecular weight excluding hydrogens is 165 g/mol. The molecular formula is C3H6BF4N3. The van der Waals surface area contributed by atoms with Crippen LogP contribution in [0.3, 0.4) is 0 Å². The Morgan fingerprint density at radius 3 is 1.82 bits per heavy atom. The van der Waals surface area contributed by atoms with Crippen LogP contribution in [0, 0.1) is 0 Å². The lowest BCUT2D eigenvalue weighted by atomic mass is 10.3. The molecule has 0 fully saturated rings. The van der Waals surface area contributed by atoms with Gasteiger partial charge in [-0.3, -0.25) is 5.84 Å². The van der Waals surface area contributed by atoms with Crippen LogP contribution in [0.5, 0.6) is 0 Å². The van der Waals surface area contributed by atoms with Crippen molar-refractivity contribution in [2.75, 3.05) is 5.84 Å². The zero-order valence-electron chi connectivity index (χ0n) is 5.35. The van der Waals surface area contributed by atoms with Gasteiger partial charge in [-0.05, 0) is 0 Å². The van der Waals surface area contributed by atoms with Crippen LogP contribution in [0.2, 0.25) is 0 Å². The minimum absolute atomic E-state index is 1.44. The van der Waals surface area contributed by atoms with Crippen molar-refractivity contribution >= 4 is 7.25 Å². The molecule has 1 aromatic rings. The van der Waals surface area contributed by atoms with Crippen LogP contribution >= 0.6 is 0 Å². The Hall–Kier alpha value is -1.21. The van der Waals surface area contributed by atoms with Crippen molar-refractivity contribution in [1.82, 2.24) is 4.98 Å². The highest BCUT2D eigenvalue weighted by atomic mass is 19.5. The van der Waals surface area contributed by atoms with Crippen molar-refractivity contribution in [2.45, 2.75) is 0 Å². The third-order valence-electron chi connectivity index (χ3n) is 0.567. The number of aromatic nitrogens is 2. The Morgan fingerprint density at radius 2 is 1.73 bits per heavy atom. The van der Waals surface area contributed by atoms with E-state index < -0.39 is 7.25 Å². The van der Waals surface area contributed by atoms with Gasteiger partial charge in [-0.15, -0.1) is 4.68 Å². The SMILES string of the molecule is F[B-](F)(F)F.N[n+]1cc[nH]c1. The molecule has 64 valence electrons. The molecule has 0 spiro atoms. The van der Waals surface area contributed by atoms with E-state index in [-0.39, 0.29) is 0 Å². The number of nitrogens with one attached hydrogen (secondary N) is 1. The fraction of sp³-hybridized carbons (Fsp3) is 0. The number of nitrogens with zero attached hydrogens (tertiary/aromatic N) is 1. The molecule has 3 nitrogen and oxygen atoms in total. The quantitative estimate of drug-likeness (QED) is 0.251. The molecule has 0 atom stereocenters. The lowest BCUT2D eigenvalue weighted by Crippen LogP contribution is -2.41. The predicted molar refractivity (Wildman–Crippen MR) is 31.3 cm³/mol. The van der Waals surface area contributed by atoms with E-state index >= 15 is 0 Å². The minimum atomic E-state index is -6.00. The standard InChI is InChI=1S/C3H5N3.BF4/c4-6-2-1-5-3-6;2-1(3,4)5/h1-3H,4H2;/q;-1/p+1. The number of halogens is 4. The van der Waals surface area contributed by atoms with Gasteiger partial charge < -0.3 is 17.3 Å². The zero-order valence-corrected chi connectivity index (χ0v) is 5.35. The van der Waals surface area contributed by atoms with Gasteiger partial charge in [0.15, 0.2) is 6.20 Å². The van der Waals surface area contributed by atoms with Gasteiger partial charge in [0, 0.05) is 0 Å². The Labute approximate surface area is 59.9 Å². The third kappa shape index (κ3) is 12.1. The molecule has 0 bridgehead atoms. The highest BCUT2D eigenvalue weighted by Gasteiger charge is 2.20. The summed E-state index contributed by atoms with van der Waals surface area (Å²) in [6.45, 7) is 0. The van der Waals surface area contributed by atoms with Gasteiger partial charge in [-0.1, -0.05) is 0 Å². The van der Waals surface area contributed by atoms with Crippen LogP contribution in [-0.2, 0) is 0 Å². The predicted octanol–water partition coefficient (Wildman–Crippen LogP) is 0.316. The second kappa shape index (κ2) is 3.84. The summed E-state index contributed by atoms with van der Waals surface area (Å²) in [7, 11) is -6.00. The first-order chi connectivity index (χ1) is 4.89. The van der Waals surface area contributed by atoms with Crippen LogP contribution in [0.4, 0.5) is 17.3 Å².